The zero-order chi connectivity index (χ0) is 22.7. The molecule has 1 aliphatic heterocycles. The number of thiazole rings is 1. The van der Waals surface area contributed by atoms with Gasteiger partial charge in [-0.3, -0.25) is 19.3 Å². The number of ether oxygens (including phenoxy) is 2. The number of likely N-dealkylation sites (tertiary alicyclic amines) is 1. The van der Waals surface area contributed by atoms with Crippen molar-refractivity contribution in [3.8, 4) is 22.1 Å². The molecule has 3 aromatic rings. The van der Waals surface area contributed by atoms with Gasteiger partial charge < -0.3 is 14.8 Å². The second-order valence-corrected chi connectivity index (χ2v) is 7.99. The highest BCUT2D eigenvalue weighted by Crippen LogP contribution is 2.33. The van der Waals surface area contributed by atoms with Crippen molar-refractivity contribution in [2.75, 3.05) is 19.5 Å². The van der Waals surface area contributed by atoms with Crippen molar-refractivity contribution in [3.63, 3.8) is 0 Å². The van der Waals surface area contributed by atoms with Gasteiger partial charge in [0, 0.05) is 29.5 Å². The molecule has 0 spiro atoms. The molecule has 0 saturated carbocycles. The van der Waals surface area contributed by atoms with E-state index in [0.29, 0.717) is 27.9 Å². The molecule has 32 heavy (non-hydrogen) atoms. The minimum absolute atomic E-state index is 0.152. The summed E-state index contributed by atoms with van der Waals surface area (Å²) in [5.41, 5.74) is 2.54. The first kappa shape index (κ1) is 21.5. The second-order valence-electron chi connectivity index (χ2n) is 7.13. The van der Waals surface area contributed by atoms with Crippen LogP contribution in [0.2, 0.25) is 0 Å². The number of anilines is 1. The molecule has 1 aliphatic rings. The molecule has 1 saturated heterocycles. The standard InChI is InChI=1S/C23H21N3O5S/c1-30-18-8-5-15(11-19(18)31-2)23-25-17(13-32-23)22(29)24-16-6-3-14(4-7-16)12-26-20(27)9-10-21(26)28/h3-8,11,13H,9-10,12H2,1-2H3,(H,24,29). The Balaban J connectivity index is 1.42. The Morgan fingerprint density at radius 3 is 2.38 bits per heavy atom. The number of imide groups is 1. The van der Waals surface area contributed by atoms with Gasteiger partial charge in [-0.25, -0.2) is 4.98 Å². The number of hydrogen-bond donors (Lipinski definition) is 1. The highest BCUT2D eigenvalue weighted by atomic mass is 32.1. The molecule has 0 unspecified atom stereocenters. The Labute approximate surface area is 188 Å². The number of aromatic nitrogens is 1. The third-order valence-electron chi connectivity index (χ3n) is 5.07. The lowest BCUT2D eigenvalue weighted by atomic mass is 10.2. The van der Waals surface area contributed by atoms with Crippen LogP contribution in [-0.2, 0) is 16.1 Å². The van der Waals surface area contributed by atoms with Gasteiger partial charge in [0.25, 0.3) is 5.91 Å². The van der Waals surface area contributed by atoms with Crippen molar-refractivity contribution in [1.29, 1.82) is 0 Å². The van der Waals surface area contributed by atoms with E-state index in [1.807, 2.05) is 12.1 Å². The number of nitrogens with zero attached hydrogens (tertiary/aromatic N) is 2. The van der Waals surface area contributed by atoms with Gasteiger partial charge in [0.2, 0.25) is 11.8 Å². The van der Waals surface area contributed by atoms with E-state index in [1.165, 1.54) is 16.2 Å². The smallest absolute Gasteiger partial charge is 0.275 e. The molecule has 1 aromatic heterocycles. The Kier molecular flexibility index (Phi) is 6.18. The summed E-state index contributed by atoms with van der Waals surface area (Å²) < 4.78 is 10.6. The molecule has 0 aliphatic carbocycles. The number of carbonyl (C=O) groups is 3. The van der Waals surface area contributed by atoms with Gasteiger partial charge in [-0.15, -0.1) is 11.3 Å². The number of amides is 3. The fraction of sp³-hybridized carbons (Fsp3) is 0.217. The van der Waals surface area contributed by atoms with Crippen LogP contribution in [0.5, 0.6) is 11.5 Å². The first-order valence-corrected chi connectivity index (χ1v) is 10.8. The van der Waals surface area contributed by atoms with Crippen LogP contribution in [0.15, 0.2) is 47.8 Å². The normalized spacial score (nSPS) is 13.4. The molecule has 8 nitrogen and oxygen atoms in total. The Bertz CT molecular complexity index is 1160. The van der Waals surface area contributed by atoms with Crippen LogP contribution in [0, 0.1) is 0 Å². The summed E-state index contributed by atoms with van der Waals surface area (Å²) in [6.45, 7) is 0.243. The van der Waals surface area contributed by atoms with E-state index in [1.54, 1.807) is 49.9 Å². The predicted octanol–water partition coefficient (Wildman–Crippen LogP) is 3.73. The van der Waals surface area contributed by atoms with Crippen LogP contribution < -0.4 is 14.8 Å². The van der Waals surface area contributed by atoms with Crippen molar-refractivity contribution < 1.29 is 23.9 Å². The van der Waals surface area contributed by atoms with Gasteiger partial charge in [-0.05, 0) is 35.9 Å². The zero-order valence-electron chi connectivity index (χ0n) is 17.6. The maximum Gasteiger partial charge on any atom is 0.275 e. The summed E-state index contributed by atoms with van der Waals surface area (Å²) in [5.74, 6) is 0.573. The first-order valence-electron chi connectivity index (χ1n) is 9.90. The highest BCUT2D eigenvalue weighted by Gasteiger charge is 2.28. The fourth-order valence-electron chi connectivity index (χ4n) is 3.35. The van der Waals surface area contributed by atoms with Gasteiger partial charge in [0.1, 0.15) is 10.7 Å². The minimum atomic E-state index is -0.328. The number of rotatable bonds is 7. The molecule has 164 valence electrons. The van der Waals surface area contributed by atoms with Crippen molar-refractivity contribution in [2.24, 2.45) is 0 Å². The zero-order valence-corrected chi connectivity index (χ0v) is 18.4. The average Bonchev–Trinajstić information content (AvgIpc) is 3.43. The average molecular weight is 452 g/mol. The second kappa shape index (κ2) is 9.19. The van der Waals surface area contributed by atoms with E-state index in [4.69, 9.17) is 9.47 Å². The molecule has 1 fully saturated rings. The maximum atomic E-state index is 12.6. The van der Waals surface area contributed by atoms with E-state index in [2.05, 4.69) is 10.3 Å². The summed E-state index contributed by atoms with van der Waals surface area (Å²) in [6, 6.07) is 12.5. The van der Waals surface area contributed by atoms with E-state index >= 15 is 0 Å². The van der Waals surface area contributed by atoms with Crippen LogP contribution in [0.25, 0.3) is 10.6 Å². The first-order chi connectivity index (χ1) is 15.5. The van der Waals surface area contributed by atoms with Crippen molar-refractivity contribution >= 4 is 34.7 Å². The summed E-state index contributed by atoms with van der Waals surface area (Å²) >= 11 is 1.36. The number of nitrogens with one attached hydrogen (secondary N) is 1. The molecule has 3 amide bonds. The molecular formula is C23H21N3O5S. The molecule has 2 aromatic carbocycles. The molecule has 0 atom stereocenters. The van der Waals surface area contributed by atoms with E-state index in [-0.39, 0.29) is 37.1 Å². The largest absolute Gasteiger partial charge is 0.493 e. The van der Waals surface area contributed by atoms with Crippen LogP contribution in [0.4, 0.5) is 5.69 Å². The summed E-state index contributed by atoms with van der Waals surface area (Å²) in [6.07, 6.45) is 0.540. The number of methoxy groups -OCH3 is 2. The molecule has 9 heteroatoms. The van der Waals surface area contributed by atoms with Crippen molar-refractivity contribution in [2.45, 2.75) is 19.4 Å². The third-order valence-corrected chi connectivity index (χ3v) is 5.97. The van der Waals surface area contributed by atoms with Gasteiger partial charge in [0.15, 0.2) is 11.5 Å². The van der Waals surface area contributed by atoms with E-state index in [9.17, 15) is 14.4 Å². The lowest BCUT2D eigenvalue weighted by molar-refractivity contribution is -0.139. The van der Waals surface area contributed by atoms with Crippen LogP contribution in [0.1, 0.15) is 28.9 Å². The van der Waals surface area contributed by atoms with Crippen LogP contribution in [0.3, 0.4) is 0 Å². The van der Waals surface area contributed by atoms with Gasteiger partial charge >= 0.3 is 0 Å². The highest BCUT2D eigenvalue weighted by molar-refractivity contribution is 7.13. The monoisotopic (exact) mass is 451 g/mol. The Hall–Kier alpha value is -3.72. The lowest BCUT2D eigenvalue weighted by Gasteiger charge is -2.14. The van der Waals surface area contributed by atoms with Crippen LogP contribution in [-0.4, -0.2) is 41.8 Å². The van der Waals surface area contributed by atoms with Gasteiger partial charge in [0.05, 0.1) is 20.8 Å². The maximum absolute atomic E-state index is 12.6. The Morgan fingerprint density at radius 2 is 1.72 bits per heavy atom. The van der Waals surface area contributed by atoms with Crippen molar-refractivity contribution in [1.82, 2.24) is 9.88 Å². The number of carbonyl (C=O) groups excluding carboxylic acids is 3. The topological polar surface area (TPSA) is 97.8 Å². The summed E-state index contributed by atoms with van der Waals surface area (Å²) in [7, 11) is 3.13. The molecule has 4 rings (SSSR count). The quantitative estimate of drug-likeness (QED) is 0.550. The van der Waals surface area contributed by atoms with Crippen LogP contribution >= 0.6 is 11.3 Å². The van der Waals surface area contributed by atoms with E-state index < -0.39 is 0 Å². The Morgan fingerprint density at radius 1 is 1.03 bits per heavy atom. The third kappa shape index (κ3) is 4.47. The van der Waals surface area contributed by atoms with Gasteiger partial charge in [-0.1, -0.05) is 12.1 Å². The van der Waals surface area contributed by atoms with Crippen molar-refractivity contribution in [3.05, 3.63) is 59.1 Å². The molecule has 0 bridgehead atoms. The van der Waals surface area contributed by atoms with E-state index in [0.717, 1.165) is 11.1 Å². The predicted molar refractivity (Wildman–Crippen MR) is 120 cm³/mol. The van der Waals surface area contributed by atoms with Gasteiger partial charge in [-0.2, -0.15) is 0 Å². The molecule has 0 radical (unpaired) electrons. The fourth-order valence-corrected chi connectivity index (χ4v) is 4.15. The molecular weight excluding hydrogens is 430 g/mol. The molecule has 2 heterocycles. The minimum Gasteiger partial charge on any atom is -0.493 e. The number of benzene rings is 2. The summed E-state index contributed by atoms with van der Waals surface area (Å²) in [5, 5.41) is 5.20. The summed E-state index contributed by atoms with van der Waals surface area (Å²) in [4.78, 5) is 41.8. The molecule has 1 N–H and O–H groups in total. The lowest BCUT2D eigenvalue weighted by Crippen LogP contribution is -2.28. The SMILES string of the molecule is COc1ccc(-c2nc(C(=O)Nc3ccc(CN4C(=O)CCC4=O)cc3)cs2)cc1OC. The number of hydrogen-bond acceptors (Lipinski definition) is 7.